The molecule has 106 valence electrons. The number of benzene rings is 2. The number of halogens is 1. The Balaban J connectivity index is 2.18. The summed E-state index contributed by atoms with van der Waals surface area (Å²) < 4.78 is 1.04. The average Bonchev–Trinajstić information content (AvgIpc) is 2.45. The van der Waals surface area contributed by atoms with Gasteiger partial charge in [0.05, 0.1) is 0 Å². The summed E-state index contributed by atoms with van der Waals surface area (Å²) in [6.07, 6.45) is 2.99. The number of aliphatic hydroxyl groups is 1. The van der Waals surface area contributed by atoms with Crippen LogP contribution in [0.2, 0.25) is 0 Å². The molecular formula is C18H21BrO. The number of hydrogen-bond acceptors (Lipinski definition) is 1. The highest BCUT2D eigenvalue weighted by molar-refractivity contribution is 9.10. The van der Waals surface area contributed by atoms with E-state index in [1.165, 1.54) is 18.4 Å². The fourth-order valence-electron chi connectivity index (χ4n) is 2.37. The Morgan fingerprint density at radius 2 is 1.80 bits per heavy atom. The van der Waals surface area contributed by atoms with E-state index in [4.69, 9.17) is 0 Å². The molecule has 0 aromatic heterocycles. The number of hydrogen-bond donors (Lipinski definition) is 1. The molecule has 0 spiro atoms. The van der Waals surface area contributed by atoms with Crippen LogP contribution in [0.5, 0.6) is 0 Å². The first-order valence-corrected chi connectivity index (χ1v) is 7.94. The maximum Gasteiger partial charge on any atom is 0.104 e. The predicted molar refractivity (Wildman–Crippen MR) is 88.0 cm³/mol. The average molecular weight is 333 g/mol. The van der Waals surface area contributed by atoms with E-state index < -0.39 is 6.10 Å². The quantitative estimate of drug-likeness (QED) is 0.799. The molecule has 0 radical (unpaired) electrons. The van der Waals surface area contributed by atoms with E-state index in [9.17, 15) is 5.11 Å². The summed E-state index contributed by atoms with van der Waals surface area (Å²) in [7, 11) is 0. The number of aliphatic hydroxyl groups excluding tert-OH is 1. The van der Waals surface area contributed by atoms with Gasteiger partial charge in [0.25, 0.3) is 0 Å². The van der Waals surface area contributed by atoms with Crippen LogP contribution in [-0.2, 0) is 6.42 Å². The third kappa shape index (κ3) is 3.71. The largest absolute Gasteiger partial charge is 0.384 e. The maximum absolute atomic E-state index is 10.5. The van der Waals surface area contributed by atoms with Crippen LogP contribution in [0.15, 0.2) is 46.9 Å². The SMILES string of the molecule is CCCCc1ccc(C(O)c2ccc(Br)cc2C)cc1. The van der Waals surface area contributed by atoms with E-state index in [0.717, 1.165) is 27.6 Å². The summed E-state index contributed by atoms with van der Waals surface area (Å²) in [5.74, 6) is 0. The Bertz CT molecular complexity index is 560. The van der Waals surface area contributed by atoms with Crippen molar-refractivity contribution in [3.63, 3.8) is 0 Å². The number of rotatable bonds is 5. The molecule has 0 heterocycles. The zero-order chi connectivity index (χ0) is 14.5. The van der Waals surface area contributed by atoms with Crippen LogP contribution < -0.4 is 0 Å². The zero-order valence-electron chi connectivity index (χ0n) is 12.1. The first-order chi connectivity index (χ1) is 9.61. The van der Waals surface area contributed by atoms with Gasteiger partial charge >= 0.3 is 0 Å². The van der Waals surface area contributed by atoms with Crippen molar-refractivity contribution in [3.05, 3.63) is 69.2 Å². The molecule has 2 aromatic rings. The molecule has 1 nitrogen and oxygen atoms in total. The molecule has 0 aliphatic heterocycles. The highest BCUT2D eigenvalue weighted by atomic mass is 79.9. The van der Waals surface area contributed by atoms with Crippen LogP contribution in [0, 0.1) is 6.92 Å². The number of aryl methyl sites for hydroxylation is 2. The van der Waals surface area contributed by atoms with Gasteiger partial charge in [-0.2, -0.15) is 0 Å². The van der Waals surface area contributed by atoms with Crippen LogP contribution in [0.1, 0.15) is 48.1 Å². The van der Waals surface area contributed by atoms with Crippen LogP contribution in [0.3, 0.4) is 0 Å². The highest BCUT2D eigenvalue weighted by Crippen LogP contribution is 2.27. The van der Waals surface area contributed by atoms with Crippen LogP contribution in [0.4, 0.5) is 0 Å². The minimum absolute atomic E-state index is 0.552. The van der Waals surface area contributed by atoms with E-state index in [0.29, 0.717) is 0 Å². The molecule has 0 amide bonds. The van der Waals surface area contributed by atoms with Crippen molar-refractivity contribution in [2.45, 2.75) is 39.2 Å². The summed E-state index contributed by atoms with van der Waals surface area (Å²) >= 11 is 3.45. The first-order valence-electron chi connectivity index (χ1n) is 7.14. The van der Waals surface area contributed by atoms with Crippen molar-refractivity contribution in [3.8, 4) is 0 Å². The summed E-state index contributed by atoms with van der Waals surface area (Å²) in [5.41, 5.74) is 4.36. The molecule has 0 aliphatic rings. The highest BCUT2D eigenvalue weighted by Gasteiger charge is 2.12. The van der Waals surface area contributed by atoms with Gasteiger partial charge in [0.2, 0.25) is 0 Å². The van der Waals surface area contributed by atoms with E-state index >= 15 is 0 Å². The fraction of sp³-hybridized carbons (Fsp3) is 0.333. The van der Waals surface area contributed by atoms with Gasteiger partial charge in [-0.15, -0.1) is 0 Å². The maximum atomic E-state index is 10.5. The fourth-order valence-corrected chi connectivity index (χ4v) is 2.85. The van der Waals surface area contributed by atoms with Gasteiger partial charge in [-0.05, 0) is 54.2 Å². The van der Waals surface area contributed by atoms with Gasteiger partial charge < -0.3 is 5.11 Å². The summed E-state index contributed by atoms with van der Waals surface area (Å²) in [5, 5.41) is 10.5. The lowest BCUT2D eigenvalue weighted by Crippen LogP contribution is -2.02. The molecule has 1 N–H and O–H groups in total. The predicted octanol–water partition coefficient (Wildman–Crippen LogP) is 5.18. The second-order valence-corrected chi connectivity index (χ2v) is 6.16. The van der Waals surface area contributed by atoms with E-state index in [1.807, 2.05) is 37.3 Å². The summed E-state index contributed by atoms with van der Waals surface area (Å²) in [4.78, 5) is 0. The van der Waals surface area contributed by atoms with Crippen molar-refractivity contribution in [2.24, 2.45) is 0 Å². The van der Waals surface area contributed by atoms with Gasteiger partial charge in [-0.25, -0.2) is 0 Å². The van der Waals surface area contributed by atoms with Crippen molar-refractivity contribution < 1.29 is 5.11 Å². The van der Waals surface area contributed by atoms with Gasteiger partial charge in [-0.3, -0.25) is 0 Å². The normalized spacial score (nSPS) is 12.4. The minimum Gasteiger partial charge on any atom is -0.384 e. The lowest BCUT2D eigenvalue weighted by molar-refractivity contribution is 0.219. The number of unbranched alkanes of at least 4 members (excludes halogenated alkanes) is 1. The smallest absolute Gasteiger partial charge is 0.104 e. The zero-order valence-corrected chi connectivity index (χ0v) is 13.7. The van der Waals surface area contributed by atoms with Crippen molar-refractivity contribution in [2.75, 3.05) is 0 Å². The van der Waals surface area contributed by atoms with Crippen molar-refractivity contribution in [1.82, 2.24) is 0 Å². The van der Waals surface area contributed by atoms with Crippen LogP contribution >= 0.6 is 15.9 Å². The lowest BCUT2D eigenvalue weighted by atomic mass is 9.96. The van der Waals surface area contributed by atoms with E-state index in [2.05, 4.69) is 35.0 Å². The Labute approximate surface area is 129 Å². The van der Waals surface area contributed by atoms with E-state index in [1.54, 1.807) is 0 Å². The standard InChI is InChI=1S/C18H21BrO/c1-3-4-5-14-6-8-15(9-7-14)18(20)17-11-10-16(19)12-13(17)2/h6-12,18,20H,3-5H2,1-2H3. The second-order valence-electron chi connectivity index (χ2n) is 5.25. The molecule has 0 saturated heterocycles. The third-order valence-corrected chi connectivity index (χ3v) is 4.13. The van der Waals surface area contributed by atoms with Crippen molar-refractivity contribution >= 4 is 15.9 Å². The molecule has 0 fully saturated rings. The molecule has 2 aromatic carbocycles. The molecule has 2 rings (SSSR count). The van der Waals surface area contributed by atoms with E-state index in [-0.39, 0.29) is 0 Å². The summed E-state index contributed by atoms with van der Waals surface area (Å²) in [6.45, 7) is 4.23. The monoisotopic (exact) mass is 332 g/mol. The molecule has 0 aliphatic carbocycles. The Hall–Kier alpha value is -1.12. The molecule has 2 heteroatoms. The van der Waals surface area contributed by atoms with Gasteiger partial charge in [-0.1, -0.05) is 59.6 Å². The van der Waals surface area contributed by atoms with Crippen molar-refractivity contribution in [1.29, 1.82) is 0 Å². The van der Waals surface area contributed by atoms with Gasteiger partial charge in [0.15, 0.2) is 0 Å². The Morgan fingerprint density at radius 3 is 2.40 bits per heavy atom. The third-order valence-electron chi connectivity index (χ3n) is 3.64. The minimum atomic E-state index is -0.552. The molecule has 1 unspecified atom stereocenters. The van der Waals surface area contributed by atoms with Gasteiger partial charge in [0.1, 0.15) is 6.10 Å². The first kappa shape index (κ1) is 15.3. The lowest BCUT2D eigenvalue weighted by Gasteiger charge is -2.15. The topological polar surface area (TPSA) is 20.2 Å². The Kier molecular flexibility index (Phi) is 5.38. The molecule has 0 saturated carbocycles. The second kappa shape index (κ2) is 7.05. The van der Waals surface area contributed by atoms with Gasteiger partial charge in [0, 0.05) is 4.47 Å². The molecule has 1 atom stereocenters. The molecule has 20 heavy (non-hydrogen) atoms. The summed E-state index contributed by atoms with van der Waals surface area (Å²) in [6, 6.07) is 14.3. The van der Waals surface area contributed by atoms with Crippen LogP contribution in [-0.4, -0.2) is 5.11 Å². The van der Waals surface area contributed by atoms with Crippen LogP contribution in [0.25, 0.3) is 0 Å². The molecular weight excluding hydrogens is 312 g/mol. The Morgan fingerprint density at radius 1 is 1.10 bits per heavy atom. The molecule has 0 bridgehead atoms.